The van der Waals surface area contributed by atoms with Crippen molar-refractivity contribution < 1.29 is 0 Å². The first-order valence-corrected chi connectivity index (χ1v) is 16.3. The summed E-state index contributed by atoms with van der Waals surface area (Å²) in [7, 11) is 0. The molecule has 2 aromatic heterocycles. The number of para-hydroxylation sites is 4. The normalized spacial score (nSPS) is 11.1. The summed E-state index contributed by atoms with van der Waals surface area (Å²) in [6.45, 7) is 0. The molecular formula is C45H25N5. The van der Waals surface area contributed by atoms with Gasteiger partial charge in [0.15, 0.2) is 0 Å². The number of hydrogen-bond donors (Lipinski definition) is 0. The summed E-state index contributed by atoms with van der Waals surface area (Å²) >= 11 is 0. The second kappa shape index (κ2) is 11.4. The Hall–Kier alpha value is -7.39. The first kappa shape index (κ1) is 28.8. The highest BCUT2D eigenvalue weighted by Crippen LogP contribution is 2.39. The van der Waals surface area contributed by atoms with Gasteiger partial charge in [-0.25, -0.2) is 0 Å². The standard InChI is InChI=1S/C45H25N5/c46-26-29-16-23-44-40(24-29)38-11-3-6-15-43(38)50(44)41-13-4-1-9-36(41)31-19-22-35(33(25-31)28-48)30-17-20-34(21-18-30)49-42-14-5-2-10-37(42)39-12-7-8-32(27-47)45(39)49/h1-25H. The zero-order valence-corrected chi connectivity index (χ0v) is 26.7. The molecule has 0 spiro atoms. The predicted octanol–water partition coefficient (Wildman–Crippen LogP) is 10.8. The Morgan fingerprint density at radius 2 is 1.04 bits per heavy atom. The lowest BCUT2D eigenvalue weighted by molar-refractivity contribution is 1.18. The van der Waals surface area contributed by atoms with Crippen molar-refractivity contribution in [2.75, 3.05) is 0 Å². The smallest absolute Gasteiger partial charge is 0.101 e. The van der Waals surface area contributed by atoms with Crippen molar-refractivity contribution in [3.8, 4) is 51.8 Å². The van der Waals surface area contributed by atoms with Gasteiger partial charge >= 0.3 is 0 Å². The van der Waals surface area contributed by atoms with Gasteiger partial charge < -0.3 is 9.13 Å². The number of benzene rings is 7. The number of nitrogens with zero attached hydrogens (tertiary/aromatic N) is 5. The zero-order chi connectivity index (χ0) is 33.8. The number of fused-ring (bicyclic) bond motifs is 6. The molecule has 0 atom stereocenters. The van der Waals surface area contributed by atoms with Gasteiger partial charge in [0.2, 0.25) is 0 Å². The summed E-state index contributed by atoms with van der Waals surface area (Å²) in [5, 5.41) is 34.2. The fourth-order valence-corrected chi connectivity index (χ4v) is 7.44. The van der Waals surface area contributed by atoms with Crippen LogP contribution in [0.5, 0.6) is 0 Å². The van der Waals surface area contributed by atoms with Crippen LogP contribution >= 0.6 is 0 Å². The van der Waals surface area contributed by atoms with E-state index in [1.54, 1.807) is 0 Å². The summed E-state index contributed by atoms with van der Waals surface area (Å²) < 4.78 is 4.39. The lowest BCUT2D eigenvalue weighted by Crippen LogP contribution is -1.98. The summed E-state index contributed by atoms with van der Waals surface area (Å²) in [6.07, 6.45) is 0. The van der Waals surface area contributed by atoms with E-state index in [0.29, 0.717) is 16.7 Å². The van der Waals surface area contributed by atoms with E-state index in [0.717, 1.165) is 77.2 Å². The number of hydrogen-bond acceptors (Lipinski definition) is 3. The maximum absolute atomic E-state index is 10.4. The molecule has 0 bridgehead atoms. The SMILES string of the molecule is N#Cc1ccc2c(c1)c1ccccc1n2-c1ccccc1-c1ccc(-c2ccc(-n3c4ccccc4c4cccc(C#N)c43)cc2)c(C#N)c1. The minimum Gasteiger partial charge on any atom is -0.309 e. The largest absolute Gasteiger partial charge is 0.309 e. The molecule has 9 rings (SSSR count). The molecular weight excluding hydrogens is 611 g/mol. The van der Waals surface area contributed by atoms with Gasteiger partial charge in [0.1, 0.15) is 6.07 Å². The van der Waals surface area contributed by atoms with Crippen LogP contribution in [0.15, 0.2) is 152 Å². The molecule has 7 aromatic carbocycles. The Kier molecular flexibility index (Phi) is 6.56. The van der Waals surface area contributed by atoms with Crippen LogP contribution in [0, 0.1) is 34.0 Å². The molecule has 0 aliphatic heterocycles. The van der Waals surface area contributed by atoms with E-state index in [4.69, 9.17) is 0 Å². The Labute approximate surface area is 287 Å². The van der Waals surface area contributed by atoms with E-state index in [1.807, 2.05) is 91.0 Å². The number of nitriles is 3. The average molecular weight is 636 g/mol. The molecule has 0 aliphatic carbocycles. The van der Waals surface area contributed by atoms with E-state index in [9.17, 15) is 15.8 Å². The lowest BCUT2D eigenvalue weighted by Gasteiger charge is -2.15. The molecule has 0 unspecified atom stereocenters. The van der Waals surface area contributed by atoms with Gasteiger partial charge in [0.05, 0.1) is 56.6 Å². The molecule has 9 aromatic rings. The van der Waals surface area contributed by atoms with Crippen LogP contribution in [0.1, 0.15) is 16.7 Å². The first-order valence-electron chi connectivity index (χ1n) is 16.3. The molecule has 5 heteroatoms. The molecule has 0 saturated heterocycles. The van der Waals surface area contributed by atoms with Crippen molar-refractivity contribution in [2.45, 2.75) is 0 Å². The van der Waals surface area contributed by atoms with E-state index in [1.165, 1.54) is 0 Å². The van der Waals surface area contributed by atoms with Crippen molar-refractivity contribution in [1.82, 2.24) is 9.13 Å². The fourth-order valence-electron chi connectivity index (χ4n) is 7.44. The molecule has 0 saturated carbocycles. The third-order valence-corrected chi connectivity index (χ3v) is 9.65. The van der Waals surface area contributed by atoms with Crippen LogP contribution in [0.25, 0.3) is 77.2 Å². The van der Waals surface area contributed by atoms with Gasteiger partial charge in [-0.3, -0.25) is 0 Å². The summed E-state index contributed by atoms with van der Waals surface area (Å²) in [5.41, 5.74) is 11.5. The third kappa shape index (κ3) is 4.31. The number of aromatic nitrogens is 2. The van der Waals surface area contributed by atoms with E-state index >= 15 is 0 Å². The second-order valence-electron chi connectivity index (χ2n) is 12.3. The van der Waals surface area contributed by atoms with Crippen LogP contribution in [0.3, 0.4) is 0 Å². The van der Waals surface area contributed by atoms with Crippen LogP contribution < -0.4 is 0 Å². The van der Waals surface area contributed by atoms with E-state index < -0.39 is 0 Å². The van der Waals surface area contributed by atoms with Gasteiger partial charge in [0, 0.05) is 32.8 Å². The summed E-state index contributed by atoms with van der Waals surface area (Å²) in [6, 6.07) is 57.8. The van der Waals surface area contributed by atoms with Gasteiger partial charge in [-0.15, -0.1) is 0 Å². The Morgan fingerprint density at radius 1 is 0.400 bits per heavy atom. The summed E-state index contributed by atoms with van der Waals surface area (Å²) in [5.74, 6) is 0. The van der Waals surface area contributed by atoms with Gasteiger partial charge in [0.25, 0.3) is 0 Å². The minimum atomic E-state index is 0.578. The maximum atomic E-state index is 10.4. The molecule has 0 amide bonds. The molecule has 0 aliphatic rings. The fraction of sp³-hybridized carbons (Fsp3) is 0. The predicted molar refractivity (Wildman–Crippen MR) is 200 cm³/mol. The molecule has 5 nitrogen and oxygen atoms in total. The van der Waals surface area contributed by atoms with Crippen molar-refractivity contribution in [1.29, 1.82) is 15.8 Å². The van der Waals surface area contributed by atoms with Crippen molar-refractivity contribution >= 4 is 43.6 Å². The summed E-state index contributed by atoms with van der Waals surface area (Å²) in [4.78, 5) is 0. The highest BCUT2D eigenvalue weighted by molar-refractivity contribution is 6.11. The number of rotatable bonds is 4. The van der Waals surface area contributed by atoms with Crippen molar-refractivity contribution in [3.05, 3.63) is 168 Å². The van der Waals surface area contributed by atoms with E-state index in [2.05, 4.69) is 88.0 Å². The monoisotopic (exact) mass is 635 g/mol. The average Bonchev–Trinajstić information content (AvgIpc) is 3.70. The Bertz CT molecular complexity index is 2960. The van der Waals surface area contributed by atoms with Crippen LogP contribution in [0.4, 0.5) is 0 Å². The quantitative estimate of drug-likeness (QED) is 0.193. The highest BCUT2D eigenvalue weighted by Gasteiger charge is 2.18. The molecule has 2 heterocycles. The second-order valence-corrected chi connectivity index (χ2v) is 12.3. The van der Waals surface area contributed by atoms with Gasteiger partial charge in [-0.05, 0) is 77.4 Å². The Balaban J connectivity index is 1.15. The van der Waals surface area contributed by atoms with Gasteiger partial charge in [-0.2, -0.15) is 15.8 Å². The third-order valence-electron chi connectivity index (χ3n) is 9.65. The van der Waals surface area contributed by atoms with Crippen molar-refractivity contribution in [2.24, 2.45) is 0 Å². The van der Waals surface area contributed by atoms with Crippen LogP contribution in [-0.2, 0) is 0 Å². The molecule has 230 valence electrons. The maximum Gasteiger partial charge on any atom is 0.101 e. The molecule has 0 radical (unpaired) electrons. The van der Waals surface area contributed by atoms with Crippen LogP contribution in [-0.4, -0.2) is 9.13 Å². The van der Waals surface area contributed by atoms with E-state index in [-0.39, 0.29) is 0 Å². The minimum absolute atomic E-state index is 0.578. The lowest BCUT2D eigenvalue weighted by atomic mass is 9.94. The topological polar surface area (TPSA) is 81.2 Å². The van der Waals surface area contributed by atoms with Gasteiger partial charge in [-0.1, -0.05) is 91.0 Å². The van der Waals surface area contributed by atoms with Crippen LogP contribution in [0.2, 0.25) is 0 Å². The molecule has 0 N–H and O–H groups in total. The van der Waals surface area contributed by atoms with Crippen molar-refractivity contribution in [3.63, 3.8) is 0 Å². The zero-order valence-electron chi connectivity index (χ0n) is 26.7. The molecule has 0 fully saturated rings. The first-order chi connectivity index (χ1) is 24.7. The highest BCUT2D eigenvalue weighted by atomic mass is 15.0. The molecule has 50 heavy (non-hydrogen) atoms. The Morgan fingerprint density at radius 3 is 1.80 bits per heavy atom.